The summed E-state index contributed by atoms with van der Waals surface area (Å²) in [6.07, 6.45) is 0. The molecule has 15 nitrogen and oxygen atoms in total. The first kappa shape index (κ1) is 37.9. The van der Waals surface area contributed by atoms with Crippen LogP contribution in [0, 0.1) is 30.6 Å². The number of aliphatic hydroxyl groups excluding tert-OH is 1. The fourth-order valence-electron chi connectivity index (χ4n) is 3.50. The second kappa shape index (κ2) is 23.6. The van der Waals surface area contributed by atoms with Crippen molar-refractivity contribution in [2.24, 2.45) is 0 Å². The molecule has 0 saturated carbocycles. The van der Waals surface area contributed by atoms with Crippen LogP contribution in [0.25, 0.3) is 0 Å². The molecule has 42 heavy (non-hydrogen) atoms. The maximum absolute atomic E-state index is 8.25. The minimum atomic E-state index is -1.75. The van der Waals surface area contributed by atoms with Gasteiger partial charge in [-0.05, 0) is 24.3 Å². The number of hydrogen-bond acceptors (Lipinski definition) is 13. The van der Waals surface area contributed by atoms with Crippen molar-refractivity contribution in [3.63, 3.8) is 0 Å². The standard InChI is InChI=1S/C25H30N4O2.CH4O.Cu.2NO3/c1-3-10-24-20(6-1)16-27-14-12-26-13-15-28-17-21-7-2-4-11-25(21)31-19-23-9-5-8-22(29-23)18-30-24;1-2;;2*2-1(3)4/h1-11,26-28H,12-19H2;2H,1H3;;;/q;;+2;2*-1. The van der Waals surface area contributed by atoms with Crippen molar-refractivity contribution >= 4 is 0 Å². The summed E-state index contributed by atoms with van der Waals surface area (Å²) in [5, 5.41) is 46.9. The average Bonchev–Trinajstić information content (AvgIpc) is 2.95. The fourth-order valence-corrected chi connectivity index (χ4v) is 3.50. The van der Waals surface area contributed by atoms with E-state index in [1.54, 1.807) is 0 Å². The normalized spacial score (nSPS) is 13.2. The molecule has 4 N–H and O–H groups in total. The first-order chi connectivity index (χ1) is 19.8. The van der Waals surface area contributed by atoms with Crippen molar-refractivity contribution < 1.29 is 41.8 Å². The summed E-state index contributed by atoms with van der Waals surface area (Å²) in [6, 6.07) is 22.3. The van der Waals surface area contributed by atoms with E-state index in [1.165, 1.54) is 0 Å². The van der Waals surface area contributed by atoms with Gasteiger partial charge in [0.2, 0.25) is 0 Å². The molecule has 0 amide bonds. The zero-order valence-electron chi connectivity index (χ0n) is 22.9. The molecule has 16 heteroatoms. The molecule has 0 aliphatic carbocycles. The van der Waals surface area contributed by atoms with Crippen LogP contribution in [0.1, 0.15) is 22.5 Å². The van der Waals surface area contributed by atoms with E-state index in [0.717, 1.165) is 80.4 Å². The van der Waals surface area contributed by atoms with E-state index in [2.05, 4.69) is 28.1 Å². The first-order valence-electron chi connectivity index (χ1n) is 12.4. The molecule has 0 fully saturated rings. The van der Waals surface area contributed by atoms with Crippen LogP contribution < -0.4 is 25.4 Å². The molecule has 2 aromatic carbocycles. The molecule has 1 aliphatic heterocycles. The number of aliphatic hydroxyl groups is 1. The minimum absolute atomic E-state index is 0. The average molecular weight is 638 g/mol. The minimum Gasteiger partial charge on any atom is -0.487 e. The number of para-hydroxylation sites is 2. The smallest absolute Gasteiger partial charge is 0.487 e. The van der Waals surface area contributed by atoms with Gasteiger partial charge in [-0.25, -0.2) is 0 Å². The Morgan fingerprint density at radius 2 is 1.00 bits per heavy atom. The zero-order valence-corrected chi connectivity index (χ0v) is 23.8. The molecule has 3 aromatic rings. The summed E-state index contributed by atoms with van der Waals surface area (Å²) < 4.78 is 12.2. The third kappa shape index (κ3) is 17.6. The largest absolute Gasteiger partial charge is 2.00 e. The van der Waals surface area contributed by atoms with Gasteiger partial charge in [-0.1, -0.05) is 42.5 Å². The van der Waals surface area contributed by atoms with Gasteiger partial charge in [0.15, 0.2) is 0 Å². The number of aromatic nitrogens is 1. The number of benzene rings is 2. The molecule has 4 rings (SSSR count). The number of fused-ring (bicyclic) bond motifs is 4. The molecule has 0 atom stereocenters. The number of pyridine rings is 1. The van der Waals surface area contributed by atoms with Crippen molar-refractivity contribution in [2.45, 2.75) is 26.3 Å². The van der Waals surface area contributed by atoms with Crippen molar-refractivity contribution in [3.05, 3.63) is 120 Å². The first-order valence-corrected chi connectivity index (χ1v) is 12.4. The van der Waals surface area contributed by atoms with Crippen LogP contribution in [0.3, 0.4) is 0 Å². The summed E-state index contributed by atoms with van der Waals surface area (Å²) in [6.45, 7) is 6.02. The maximum Gasteiger partial charge on any atom is 2.00 e. The van der Waals surface area contributed by atoms with Crippen molar-refractivity contribution in [1.82, 2.24) is 20.9 Å². The predicted molar refractivity (Wildman–Crippen MR) is 151 cm³/mol. The third-order valence-electron chi connectivity index (χ3n) is 5.15. The molecule has 233 valence electrons. The summed E-state index contributed by atoms with van der Waals surface area (Å²) in [7, 11) is 1.00. The van der Waals surface area contributed by atoms with E-state index in [4.69, 9.17) is 50.2 Å². The van der Waals surface area contributed by atoms with Crippen molar-refractivity contribution in [2.75, 3.05) is 33.3 Å². The van der Waals surface area contributed by atoms with Crippen LogP contribution in [-0.4, -0.2) is 53.6 Å². The number of ether oxygens (including phenoxy) is 2. The van der Waals surface area contributed by atoms with Gasteiger partial charge in [0.25, 0.3) is 0 Å². The predicted octanol–water partition coefficient (Wildman–Crippen LogP) is 2.15. The van der Waals surface area contributed by atoms with Crippen LogP contribution in [-0.2, 0) is 43.4 Å². The van der Waals surface area contributed by atoms with Crippen LogP contribution in [0.2, 0.25) is 0 Å². The SMILES string of the molecule is CO.O=[N+]([O-])[O-].O=[N+]([O-])[O-].[Cu+2].c1cc2nc(c1)COc1ccccc1CNCCNCCNCc1ccccc1OC2. The number of nitrogens with one attached hydrogen (secondary N) is 3. The Labute approximate surface area is 253 Å². The van der Waals surface area contributed by atoms with Gasteiger partial charge in [-0.15, -0.1) is 0 Å². The Morgan fingerprint density at radius 3 is 1.40 bits per heavy atom. The summed E-state index contributed by atoms with van der Waals surface area (Å²) in [5.41, 5.74) is 4.07. The second-order valence-electron chi connectivity index (χ2n) is 7.96. The third-order valence-corrected chi connectivity index (χ3v) is 5.15. The van der Waals surface area contributed by atoms with Crippen LogP contribution in [0.5, 0.6) is 11.5 Å². The monoisotopic (exact) mass is 637 g/mol. The van der Waals surface area contributed by atoms with E-state index in [0.29, 0.717) is 13.2 Å². The Balaban J connectivity index is 0.00000134. The molecule has 1 aliphatic rings. The van der Waals surface area contributed by atoms with Gasteiger partial charge in [-0.3, -0.25) is 4.98 Å². The molecule has 0 spiro atoms. The van der Waals surface area contributed by atoms with Crippen LogP contribution in [0.4, 0.5) is 0 Å². The van der Waals surface area contributed by atoms with E-state index in [-0.39, 0.29) is 17.1 Å². The van der Waals surface area contributed by atoms with Gasteiger partial charge >= 0.3 is 17.1 Å². The molecule has 2 bridgehead atoms. The molecule has 1 radical (unpaired) electrons. The number of hydrogen-bond donors (Lipinski definition) is 4. The molecule has 0 saturated heterocycles. The Kier molecular flexibility index (Phi) is 21.4. The van der Waals surface area contributed by atoms with E-state index < -0.39 is 10.2 Å². The topological polar surface area (TPSA) is 220 Å². The summed E-state index contributed by atoms with van der Waals surface area (Å²) >= 11 is 0. The van der Waals surface area contributed by atoms with Gasteiger partial charge in [0.1, 0.15) is 24.7 Å². The second-order valence-corrected chi connectivity index (χ2v) is 7.96. The molecule has 0 unspecified atom stereocenters. The fraction of sp³-hybridized carbons (Fsp3) is 0.346. The van der Waals surface area contributed by atoms with Gasteiger partial charge in [-0.2, -0.15) is 0 Å². The Bertz CT molecular complexity index is 1080. The van der Waals surface area contributed by atoms with E-state index >= 15 is 0 Å². The quantitative estimate of drug-likeness (QED) is 0.158. The molecular formula is C26H34CuN6O9. The van der Waals surface area contributed by atoms with Crippen LogP contribution >= 0.6 is 0 Å². The molecule has 2 heterocycles. The van der Waals surface area contributed by atoms with E-state index in [9.17, 15) is 0 Å². The van der Waals surface area contributed by atoms with Gasteiger partial charge < -0.3 is 61.2 Å². The van der Waals surface area contributed by atoms with Crippen LogP contribution in [0.15, 0.2) is 66.7 Å². The number of nitrogens with zero attached hydrogens (tertiary/aromatic N) is 3. The van der Waals surface area contributed by atoms with Crippen molar-refractivity contribution in [3.8, 4) is 11.5 Å². The molecular weight excluding hydrogens is 604 g/mol. The van der Waals surface area contributed by atoms with Gasteiger partial charge in [0.05, 0.1) is 21.6 Å². The number of rotatable bonds is 0. The maximum atomic E-state index is 8.25. The Hall–Kier alpha value is -4.05. The van der Waals surface area contributed by atoms with Crippen molar-refractivity contribution in [1.29, 1.82) is 0 Å². The molecule has 1 aromatic heterocycles. The zero-order chi connectivity index (χ0) is 30.3. The van der Waals surface area contributed by atoms with Gasteiger partial charge in [0, 0.05) is 57.5 Å². The van der Waals surface area contributed by atoms with E-state index in [1.807, 2.05) is 54.6 Å². The Morgan fingerprint density at radius 1 is 0.643 bits per heavy atom. The summed E-state index contributed by atoms with van der Waals surface area (Å²) in [5.74, 6) is 1.78. The summed E-state index contributed by atoms with van der Waals surface area (Å²) in [4.78, 5) is 21.2.